The lowest BCUT2D eigenvalue weighted by Gasteiger charge is -2.31. The standard InChI is InChI=1S/C25H22N4O2S/c30-24-22(32-21-6-2-1-5-20(21)27-24)17-18-8-10-19(11-9-18)25(31)29-15-13-28(14-16-29)23-7-3-4-12-26-23/h1-12,17H,13-16H2,(H,27,30)/p+1. The molecule has 7 heteroatoms. The Hall–Kier alpha value is -3.58. The zero-order valence-corrected chi connectivity index (χ0v) is 18.3. The number of benzene rings is 2. The van der Waals surface area contributed by atoms with Gasteiger partial charge in [-0.2, -0.15) is 0 Å². The Bertz CT molecular complexity index is 1170. The third-order valence-corrected chi connectivity index (χ3v) is 6.73. The van der Waals surface area contributed by atoms with Crippen LogP contribution in [0.2, 0.25) is 0 Å². The number of H-pyrrole nitrogens is 1. The first kappa shape index (κ1) is 20.3. The van der Waals surface area contributed by atoms with Gasteiger partial charge in [0, 0.05) is 16.5 Å². The first-order valence-corrected chi connectivity index (χ1v) is 11.4. The summed E-state index contributed by atoms with van der Waals surface area (Å²) >= 11 is 1.46. The van der Waals surface area contributed by atoms with Gasteiger partial charge in [0.25, 0.3) is 17.6 Å². The molecule has 2 amide bonds. The van der Waals surface area contributed by atoms with Crippen molar-refractivity contribution < 1.29 is 14.6 Å². The van der Waals surface area contributed by atoms with E-state index in [4.69, 9.17) is 0 Å². The number of aromatic nitrogens is 1. The van der Waals surface area contributed by atoms with Gasteiger partial charge in [-0.3, -0.25) is 14.5 Å². The largest absolute Gasteiger partial charge is 0.331 e. The predicted molar refractivity (Wildman–Crippen MR) is 126 cm³/mol. The van der Waals surface area contributed by atoms with Crippen molar-refractivity contribution in [2.24, 2.45) is 0 Å². The summed E-state index contributed by atoms with van der Waals surface area (Å²) in [4.78, 5) is 34.4. The van der Waals surface area contributed by atoms with Crippen LogP contribution in [0.4, 0.5) is 11.5 Å². The third kappa shape index (κ3) is 4.24. The number of hydrogen-bond acceptors (Lipinski definition) is 4. The topological polar surface area (TPSA) is 66.8 Å². The maximum atomic E-state index is 12.9. The lowest BCUT2D eigenvalue weighted by molar-refractivity contribution is -0.364. The third-order valence-electron chi connectivity index (χ3n) is 5.63. The van der Waals surface area contributed by atoms with Gasteiger partial charge in [0.15, 0.2) is 0 Å². The number of aromatic amines is 1. The molecular weight excluding hydrogens is 420 g/mol. The fraction of sp³-hybridized carbons (Fsp3) is 0.160. The zero-order chi connectivity index (χ0) is 21.9. The number of thioether (sulfide) groups is 1. The molecule has 1 fully saturated rings. The van der Waals surface area contributed by atoms with E-state index in [2.05, 4.69) is 15.2 Å². The molecule has 0 saturated carbocycles. The molecule has 0 unspecified atom stereocenters. The normalized spacial score (nSPS) is 17.1. The van der Waals surface area contributed by atoms with E-state index in [1.807, 2.05) is 83.9 Å². The quantitative estimate of drug-likeness (QED) is 0.629. The summed E-state index contributed by atoms with van der Waals surface area (Å²) in [7, 11) is 0. The lowest BCUT2D eigenvalue weighted by Crippen LogP contribution is -2.50. The first-order valence-electron chi connectivity index (χ1n) is 10.6. The van der Waals surface area contributed by atoms with Crippen LogP contribution in [0.1, 0.15) is 15.9 Å². The second kappa shape index (κ2) is 8.88. The van der Waals surface area contributed by atoms with Crippen molar-refractivity contribution in [3.8, 4) is 0 Å². The van der Waals surface area contributed by atoms with Gasteiger partial charge in [-0.05, 0) is 42.0 Å². The number of nitrogens with zero attached hydrogens (tertiary/aromatic N) is 2. The molecule has 1 aromatic heterocycles. The van der Waals surface area contributed by atoms with E-state index >= 15 is 0 Å². The number of para-hydroxylation sites is 1. The number of hydrogen-bond donors (Lipinski definition) is 1. The number of carbonyl (C=O) groups excluding carboxylic acids is 2. The minimum atomic E-state index is -0.109. The molecule has 0 spiro atoms. The summed E-state index contributed by atoms with van der Waals surface area (Å²) in [6.45, 7) is 2.96. The van der Waals surface area contributed by atoms with Gasteiger partial charge >= 0.3 is 0 Å². The van der Waals surface area contributed by atoms with E-state index in [1.165, 1.54) is 11.8 Å². The van der Waals surface area contributed by atoms with Crippen LogP contribution in [0.5, 0.6) is 0 Å². The molecule has 2 aliphatic heterocycles. The molecule has 0 aliphatic carbocycles. The fourth-order valence-electron chi connectivity index (χ4n) is 3.89. The highest BCUT2D eigenvalue weighted by molar-refractivity contribution is 8.04. The van der Waals surface area contributed by atoms with Crippen LogP contribution < -0.4 is 15.2 Å². The number of nitrogens with one attached hydrogen (secondary N) is 2. The van der Waals surface area contributed by atoms with Gasteiger partial charge < -0.3 is 10.2 Å². The maximum absolute atomic E-state index is 12.9. The fourth-order valence-corrected chi connectivity index (χ4v) is 4.84. The summed E-state index contributed by atoms with van der Waals surface area (Å²) in [5.41, 5.74) is 2.40. The van der Waals surface area contributed by atoms with Crippen LogP contribution >= 0.6 is 11.8 Å². The number of piperazine rings is 1. The Morgan fingerprint density at radius 1 is 0.938 bits per heavy atom. The predicted octanol–water partition coefficient (Wildman–Crippen LogP) is 3.55. The summed E-state index contributed by atoms with van der Waals surface area (Å²) < 4.78 is 0. The SMILES string of the molecule is O=C1Nc2ccccc2SC1=Cc1ccc(C(=O)N2CCN(c3cccc[nH+]3)CC2)cc1. The Morgan fingerprint density at radius 2 is 1.69 bits per heavy atom. The second-order valence-electron chi connectivity index (χ2n) is 7.71. The van der Waals surface area contributed by atoms with Crippen LogP contribution in [0.3, 0.4) is 0 Å². The van der Waals surface area contributed by atoms with Crippen molar-refractivity contribution in [1.82, 2.24) is 4.90 Å². The smallest absolute Gasteiger partial charge is 0.274 e. The Kier molecular flexibility index (Phi) is 5.64. The van der Waals surface area contributed by atoms with Crippen LogP contribution in [-0.2, 0) is 4.79 Å². The molecular formula is C25H23N4O2S+. The molecule has 2 aromatic carbocycles. The van der Waals surface area contributed by atoms with E-state index in [9.17, 15) is 9.59 Å². The molecule has 1 saturated heterocycles. The number of pyridine rings is 1. The Labute approximate surface area is 190 Å². The van der Waals surface area contributed by atoms with Crippen molar-refractivity contribution in [2.45, 2.75) is 4.90 Å². The van der Waals surface area contributed by atoms with Crippen molar-refractivity contribution in [2.75, 3.05) is 36.4 Å². The zero-order valence-electron chi connectivity index (χ0n) is 17.5. The van der Waals surface area contributed by atoms with Crippen molar-refractivity contribution in [1.29, 1.82) is 0 Å². The summed E-state index contributed by atoms with van der Waals surface area (Å²) in [5.74, 6) is 1.01. The molecule has 160 valence electrons. The van der Waals surface area contributed by atoms with Gasteiger partial charge in [0.1, 0.15) is 13.1 Å². The molecule has 0 radical (unpaired) electrons. The molecule has 32 heavy (non-hydrogen) atoms. The average Bonchev–Trinajstić information content (AvgIpc) is 2.85. The van der Waals surface area contributed by atoms with E-state index in [0.717, 1.165) is 35.1 Å². The first-order chi connectivity index (χ1) is 15.7. The number of fused-ring (bicyclic) bond motifs is 1. The Morgan fingerprint density at radius 3 is 2.44 bits per heavy atom. The van der Waals surface area contributed by atoms with Gasteiger partial charge in [-0.25, -0.2) is 4.98 Å². The van der Waals surface area contributed by atoms with Crippen LogP contribution in [0.25, 0.3) is 6.08 Å². The highest BCUT2D eigenvalue weighted by Crippen LogP contribution is 2.38. The minimum Gasteiger partial charge on any atom is -0.331 e. The number of amides is 2. The molecule has 2 aliphatic rings. The van der Waals surface area contributed by atoms with Gasteiger partial charge in [-0.1, -0.05) is 42.1 Å². The highest BCUT2D eigenvalue weighted by Gasteiger charge is 2.26. The molecule has 3 heterocycles. The average molecular weight is 444 g/mol. The van der Waals surface area contributed by atoms with Gasteiger partial charge in [0.05, 0.1) is 29.9 Å². The van der Waals surface area contributed by atoms with E-state index in [1.54, 1.807) is 0 Å². The van der Waals surface area contributed by atoms with E-state index in [-0.39, 0.29) is 11.8 Å². The monoisotopic (exact) mass is 443 g/mol. The molecule has 5 rings (SSSR count). The summed E-state index contributed by atoms with van der Waals surface area (Å²) in [6.07, 6.45) is 3.78. The molecule has 0 bridgehead atoms. The van der Waals surface area contributed by atoms with Crippen LogP contribution in [0.15, 0.2) is 82.7 Å². The highest BCUT2D eigenvalue weighted by atomic mass is 32.2. The molecule has 3 aromatic rings. The van der Waals surface area contributed by atoms with Gasteiger partial charge in [-0.15, -0.1) is 0 Å². The molecule has 0 atom stereocenters. The van der Waals surface area contributed by atoms with Crippen LogP contribution in [-0.4, -0.2) is 42.9 Å². The van der Waals surface area contributed by atoms with Crippen molar-refractivity contribution >= 4 is 41.2 Å². The Balaban J connectivity index is 1.24. The molecule has 6 nitrogen and oxygen atoms in total. The van der Waals surface area contributed by atoms with Crippen LogP contribution in [0, 0.1) is 0 Å². The number of anilines is 2. The lowest BCUT2D eigenvalue weighted by atomic mass is 10.1. The number of rotatable bonds is 3. The van der Waals surface area contributed by atoms with Crippen molar-refractivity contribution in [3.05, 3.63) is 89.0 Å². The molecule has 2 N–H and O–H groups in total. The second-order valence-corrected chi connectivity index (χ2v) is 8.79. The minimum absolute atomic E-state index is 0.0413. The summed E-state index contributed by atoms with van der Waals surface area (Å²) in [5, 5.41) is 2.92. The van der Waals surface area contributed by atoms with Crippen molar-refractivity contribution in [3.63, 3.8) is 0 Å². The van der Waals surface area contributed by atoms with Gasteiger partial charge in [0.2, 0.25) is 0 Å². The van der Waals surface area contributed by atoms with E-state index < -0.39 is 0 Å². The van der Waals surface area contributed by atoms with E-state index in [0.29, 0.717) is 23.6 Å². The summed E-state index contributed by atoms with van der Waals surface area (Å²) in [6, 6.07) is 21.2. The number of carbonyl (C=O) groups is 2. The maximum Gasteiger partial charge on any atom is 0.274 e.